The summed E-state index contributed by atoms with van der Waals surface area (Å²) in [5, 5.41) is 16.8. The van der Waals surface area contributed by atoms with Gasteiger partial charge in [0.05, 0.1) is 28.1 Å². The van der Waals surface area contributed by atoms with Crippen molar-refractivity contribution in [2.75, 3.05) is 5.32 Å². The van der Waals surface area contributed by atoms with Crippen LogP contribution in [-0.2, 0) is 12.4 Å². The molecule has 0 aliphatic heterocycles. The van der Waals surface area contributed by atoms with Crippen molar-refractivity contribution >= 4 is 23.9 Å². The van der Waals surface area contributed by atoms with Crippen molar-refractivity contribution in [3.63, 3.8) is 0 Å². The van der Waals surface area contributed by atoms with E-state index in [2.05, 4.69) is 25.5 Å². The average molecular weight is 502 g/mol. The Hall–Kier alpha value is -4.48. The Morgan fingerprint density at radius 1 is 0.889 bits per heavy atom. The minimum Gasteiger partial charge on any atom is -0.324 e. The van der Waals surface area contributed by atoms with Gasteiger partial charge in [-0.3, -0.25) is 5.10 Å². The molecule has 36 heavy (non-hydrogen) atoms. The Labute approximate surface area is 200 Å². The molecule has 3 N–H and O–H groups in total. The maximum Gasteiger partial charge on any atom is 0.416 e. The van der Waals surface area contributed by atoms with Crippen LogP contribution in [-0.4, -0.2) is 26.4 Å². The van der Waals surface area contributed by atoms with Gasteiger partial charge in [-0.05, 0) is 48.6 Å². The van der Waals surface area contributed by atoms with E-state index in [0.29, 0.717) is 11.3 Å². The van der Waals surface area contributed by atoms with Crippen LogP contribution >= 0.6 is 0 Å². The maximum atomic E-state index is 13.3. The number of benzene rings is 2. The second kappa shape index (κ2) is 9.64. The minimum atomic E-state index is -4.56. The van der Waals surface area contributed by atoms with E-state index in [4.69, 9.17) is 5.41 Å². The Kier molecular flexibility index (Phi) is 6.60. The molecule has 0 aliphatic carbocycles. The summed E-state index contributed by atoms with van der Waals surface area (Å²) in [4.78, 5) is 8.39. The van der Waals surface area contributed by atoms with Crippen LogP contribution in [0.3, 0.4) is 0 Å². The standard InChI is InChI=1S/C24H16F6N6/c25-23(26,27)15-5-1-4-14(12-15)21-20(19(35-36-21)8-3-10-31)18-9-11-32-22(34-18)33-17-7-2-6-16(13-17)24(28,29)30/h1-13,31H,(H,35,36)(H,32,33,34)/b8-3-,31-10?. The van der Waals surface area contributed by atoms with E-state index in [1.807, 2.05) is 0 Å². The zero-order chi connectivity index (χ0) is 25.9. The smallest absolute Gasteiger partial charge is 0.324 e. The van der Waals surface area contributed by atoms with E-state index >= 15 is 0 Å². The first-order valence-electron chi connectivity index (χ1n) is 10.3. The van der Waals surface area contributed by atoms with Gasteiger partial charge in [0, 0.05) is 23.7 Å². The second-order valence-corrected chi connectivity index (χ2v) is 7.43. The summed E-state index contributed by atoms with van der Waals surface area (Å²) >= 11 is 0. The van der Waals surface area contributed by atoms with E-state index in [1.54, 1.807) is 0 Å². The normalized spacial score (nSPS) is 12.2. The van der Waals surface area contributed by atoms with E-state index in [1.165, 1.54) is 48.7 Å². The van der Waals surface area contributed by atoms with Crippen LogP contribution in [0.1, 0.15) is 16.8 Å². The first-order chi connectivity index (χ1) is 17.1. The minimum absolute atomic E-state index is 0.0370. The van der Waals surface area contributed by atoms with Crippen molar-refractivity contribution in [3.05, 3.63) is 83.7 Å². The number of hydrogen-bond donors (Lipinski definition) is 3. The molecule has 0 saturated carbocycles. The van der Waals surface area contributed by atoms with Crippen molar-refractivity contribution < 1.29 is 26.3 Å². The molecule has 0 fully saturated rings. The van der Waals surface area contributed by atoms with Gasteiger partial charge in [0.15, 0.2) is 0 Å². The Bertz CT molecular complexity index is 1420. The van der Waals surface area contributed by atoms with E-state index in [9.17, 15) is 26.3 Å². The number of anilines is 2. The van der Waals surface area contributed by atoms with Crippen LogP contribution in [0, 0.1) is 5.41 Å². The van der Waals surface area contributed by atoms with Crippen molar-refractivity contribution in [2.24, 2.45) is 0 Å². The van der Waals surface area contributed by atoms with Crippen LogP contribution < -0.4 is 5.32 Å². The molecule has 2 aromatic heterocycles. The lowest BCUT2D eigenvalue weighted by atomic mass is 10.0. The lowest BCUT2D eigenvalue weighted by Gasteiger charge is -2.11. The summed E-state index contributed by atoms with van der Waals surface area (Å²) in [5.74, 6) is -0.0370. The Morgan fingerprint density at radius 3 is 2.28 bits per heavy atom. The summed E-state index contributed by atoms with van der Waals surface area (Å²) in [6.45, 7) is 0. The third-order valence-electron chi connectivity index (χ3n) is 4.97. The van der Waals surface area contributed by atoms with Gasteiger partial charge in [0.1, 0.15) is 5.69 Å². The Morgan fingerprint density at radius 2 is 1.58 bits per heavy atom. The molecule has 0 amide bonds. The van der Waals surface area contributed by atoms with Gasteiger partial charge < -0.3 is 10.7 Å². The highest BCUT2D eigenvalue weighted by Crippen LogP contribution is 2.37. The predicted molar refractivity (Wildman–Crippen MR) is 123 cm³/mol. The van der Waals surface area contributed by atoms with E-state index in [0.717, 1.165) is 30.5 Å². The molecular formula is C24H16F6N6. The third-order valence-corrected chi connectivity index (χ3v) is 4.97. The zero-order valence-electron chi connectivity index (χ0n) is 18.1. The fraction of sp³-hybridized carbons (Fsp3) is 0.0833. The molecule has 12 heteroatoms. The summed E-state index contributed by atoms with van der Waals surface area (Å²) < 4.78 is 79.0. The molecule has 0 unspecified atom stereocenters. The molecule has 0 atom stereocenters. The molecule has 0 saturated heterocycles. The molecule has 0 radical (unpaired) electrons. The van der Waals surface area contributed by atoms with E-state index in [-0.39, 0.29) is 28.6 Å². The summed E-state index contributed by atoms with van der Waals surface area (Å²) in [7, 11) is 0. The number of halogens is 6. The average Bonchev–Trinajstić information content (AvgIpc) is 3.26. The van der Waals surface area contributed by atoms with Crippen LogP contribution in [0.25, 0.3) is 28.6 Å². The third kappa shape index (κ3) is 5.43. The van der Waals surface area contributed by atoms with Gasteiger partial charge in [0.2, 0.25) is 5.95 Å². The number of alkyl halides is 6. The predicted octanol–water partition coefficient (Wildman–Crippen LogP) is 6.98. The summed E-state index contributed by atoms with van der Waals surface area (Å²) in [6.07, 6.45) is -3.86. The largest absolute Gasteiger partial charge is 0.416 e. The fourth-order valence-corrected chi connectivity index (χ4v) is 3.39. The molecule has 0 aliphatic rings. The number of hydrogen-bond acceptors (Lipinski definition) is 5. The van der Waals surface area contributed by atoms with Gasteiger partial charge in [-0.2, -0.15) is 31.4 Å². The number of rotatable bonds is 6. The summed E-state index contributed by atoms with van der Waals surface area (Å²) in [5.41, 5.74) is -0.381. The Balaban J connectivity index is 1.78. The van der Waals surface area contributed by atoms with Crippen LogP contribution in [0.2, 0.25) is 0 Å². The lowest BCUT2D eigenvalue weighted by Crippen LogP contribution is -2.06. The first-order valence-corrected chi connectivity index (χ1v) is 10.3. The van der Waals surface area contributed by atoms with Gasteiger partial charge >= 0.3 is 12.4 Å². The number of allylic oxidation sites excluding steroid dienone is 1. The van der Waals surface area contributed by atoms with Crippen molar-refractivity contribution in [1.29, 1.82) is 5.41 Å². The fourth-order valence-electron chi connectivity index (χ4n) is 3.39. The maximum absolute atomic E-state index is 13.3. The van der Waals surface area contributed by atoms with Crippen molar-refractivity contribution in [3.8, 4) is 22.5 Å². The monoisotopic (exact) mass is 502 g/mol. The molecular weight excluding hydrogens is 486 g/mol. The number of H-pyrrole nitrogens is 1. The highest BCUT2D eigenvalue weighted by Gasteiger charge is 2.31. The number of aromatic amines is 1. The first kappa shape index (κ1) is 24.6. The second-order valence-electron chi connectivity index (χ2n) is 7.43. The molecule has 2 aromatic carbocycles. The van der Waals surface area contributed by atoms with Crippen LogP contribution in [0.15, 0.2) is 66.9 Å². The van der Waals surface area contributed by atoms with Gasteiger partial charge in [-0.15, -0.1) is 0 Å². The molecule has 184 valence electrons. The highest BCUT2D eigenvalue weighted by molar-refractivity contribution is 5.87. The molecule has 0 spiro atoms. The zero-order valence-corrected chi connectivity index (χ0v) is 18.1. The van der Waals surface area contributed by atoms with Crippen LogP contribution in [0.5, 0.6) is 0 Å². The number of nitrogens with one attached hydrogen (secondary N) is 3. The molecule has 4 aromatic rings. The quantitative estimate of drug-likeness (QED) is 0.196. The topological polar surface area (TPSA) is 90.3 Å². The molecule has 0 bridgehead atoms. The highest BCUT2D eigenvalue weighted by atomic mass is 19.4. The number of aromatic nitrogens is 4. The van der Waals surface area contributed by atoms with Gasteiger partial charge in [-0.25, -0.2) is 9.97 Å². The summed E-state index contributed by atoms with van der Waals surface area (Å²) in [6, 6.07) is 10.6. The van der Waals surface area contributed by atoms with Crippen molar-refractivity contribution in [1.82, 2.24) is 20.2 Å². The van der Waals surface area contributed by atoms with E-state index < -0.39 is 23.5 Å². The van der Waals surface area contributed by atoms with Crippen molar-refractivity contribution in [2.45, 2.75) is 12.4 Å². The molecule has 4 rings (SSSR count). The lowest BCUT2D eigenvalue weighted by molar-refractivity contribution is -0.138. The van der Waals surface area contributed by atoms with Gasteiger partial charge in [0.25, 0.3) is 0 Å². The number of nitrogens with zero attached hydrogens (tertiary/aromatic N) is 3. The molecule has 6 nitrogen and oxygen atoms in total. The molecule has 2 heterocycles. The SMILES string of the molecule is N=C/C=C\c1[nH]nc(-c2cccc(C(F)(F)F)c2)c1-c1ccnc(Nc2cccc(C(F)(F)F)c2)n1. The van der Waals surface area contributed by atoms with Gasteiger partial charge in [-0.1, -0.05) is 18.2 Å². The van der Waals surface area contributed by atoms with Crippen LogP contribution in [0.4, 0.5) is 38.0 Å².